The van der Waals surface area contributed by atoms with E-state index in [0.717, 1.165) is 29.9 Å². The van der Waals surface area contributed by atoms with Crippen LogP contribution in [0, 0.1) is 11.8 Å². The summed E-state index contributed by atoms with van der Waals surface area (Å²) in [6.45, 7) is 8.47. The Morgan fingerprint density at radius 3 is 2.63 bits per heavy atom. The molecule has 3 atom stereocenters. The molecule has 1 saturated carbocycles. The Morgan fingerprint density at radius 1 is 1.42 bits per heavy atom. The Balaban J connectivity index is 1.98. The average molecular weight is 264 g/mol. The van der Waals surface area contributed by atoms with Crippen molar-refractivity contribution in [2.45, 2.75) is 45.6 Å². The normalized spacial score (nSPS) is 24.2. The predicted molar refractivity (Wildman–Crippen MR) is 79.1 cm³/mol. The SMILES string of the molecule is CC(C)CCN(C)C(CN)c1ccc(C2CC2C)o1. The van der Waals surface area contributed by atoms with Crippen LogP contribution in [0.3, 0.4) is 0 Å². The number of rotatable bonds is 7. The van der Waals surface area contributed by atoms with Crippen LogP contribution < -0.4 is 5.73 Å². The van der Waals surface area contributed by atoms with Gasteiger partial charge in [0.25, 0.3) is 0 Å². The molecule has 2 rings (SSSR count). The molecule has 0 aromatic carbocycles. The number of hydrogen-bond acceptors (Lipinski definition) is 3. The van der Waals surface area contributed by atoms with Crippen LogP contribution in [-0.4, -0.2) is 25.0 Å². The molecule has 3 unspecified atom stereocenters. The van der Waals surface area contributed by atoms with Crippen molar-refractivity contribution in [1.29, 1.82) is 0 Å². The van der Waals surface area contributed by atoms with Gasteiger partial charge >= 0.3 is 0 Å². The molecule has 1 fully saturated rings. The van der Waals surface area contributed by atoms with Gasteiger partial charge in [-0.05, 0) is 50.4 Å². The smallest absolute Gasteiger partial charge is 0.122 e. The zero-order chi connectivity index (χ0) is 14.0. The third-order valence-corrected chi connectivity index (χ3v) is 4.27. The van der Waals surface area contributed by atoms with E-state index in [1.165, 1.54) is 12.8 Å². The lowest BCUT2D eigenvalue weighted by molar-refractivity contribution is 0.207. The molecule has 108 valence electrons. The van der Waals surface area contributed by atoms with Crippen LogP contribution >= 0.6 is 0 Å². The largest absolute Gasteiger partial charge is 0.464 e. The van der Waals surface area contributed by atoms with Gasteiger partial charge in [0, 0.05) is 12.5 Å². The van der Waals surface area contributed by atoms with Crippen molar-refractivity contribution in [2.75, 3.05) is 20.1 Å². The molecule has 0 amide bonds. The highest BCUT2D eigenvalue weighted by molar-refractivity contribution is 5.19. The van der Waals surface area contributed by atoms with Gasteiger partial charge in [0.15, 0.2) is 0 Å². The van der Waals surface area contributed by atoms with Crippen LogP contribution in [-0.2, 0) is 0 Å². The summed E-state index contributed by atoms with van der Waals surface area (Å²) in [5.41, 5.74) is 5.94. The van der Waals surface area contributed by atoms with Crippen molar-refractivity contribution >= 4 is 0 Å². The molecule has 3 heteroatoms. The maximum Gasteiger partial charge on any atom is 0.122 e. The molecule has 0 aliphatic heterocycles. The summed E-state index contributed by atoms with van der Waals surface area (Å²) in [5.74, 6) is 4.34. The quantitative estimate of drug-likeness (QED) is 0.821. The van der Waals surface area contributed by atoms with Gasteiger partial charge < -0.3 is 10.2 Å². The van der Waals surface area contributed by atoms with Crippen molar-refractivity contribution in [2.24, 2.45) is 17.6 Å². The van der Waals surface area contributed by atoms with Crippen molar-refractivity contribution in [1.82, 2.24) is 4.90 Å². The molecule has 1 aromatic rings. The second-order valence-electron chi connectivity index (χ2n) is 6.47. The number of nitrogens with two attached hydrogens (primary N) is 1. The minimum atomic E-state index is 0.210. The summed E-state index contributed by atoms with van der Waals surface area (Å²) in [4.78, 5) is 2.32. The second kappa shape index (κ2) is 6.10. The van der Waals surface area contributed by atoms with Crippen molar-refractivity contribution < 1.29 is 4.42 Å². The standard InChI is InChI=1S/C16H28N2O/c1-11(2)7-8-18(4)14(10-17)16-6-5-15(19-16)13-9-12(13)3/h5-6,11-14H,7-10,17H2,1-4H3. The lowest BCUT2D eigenvalue weighted by Crippen LogP contribution is -2.31. The lowest BCUT2D eigenvalue weighted by Gasteiger charge is -2.25. The van der Waals surface area contributed by atoms with Gasteiger partial charge in [-0.25, -0.2) is 0 Å². The molecular formula is C16H28N2O. The summed E-state index contributed by atoms with van der Waals surface area (Å²) < 4.78 is 6.04. The fourth-order valence-corrected chi connectivity index (χ4v) is 2.60. The number of likely N-dealkylation sites (N-methyl/N-ethyl adjacent to an activating group) is 1. The van der Waals surface area contributed by atoms with Crippen LogP contribution in [0.1, 0.15) is 57.1 Å². The molecule has 1 heterocycles. The average Bonchev–Trinajstić information content (AvgIpc) is 2.90. The van der Waals surface area contributed by atoms with E-state index in [0.29, 0.717) is 12.5 Å². The molecule has 1 aromatic heterocycles. The van der Waals surface area contributed by atoms with Gasteiger partial charge in [0.2, 0.25) is 0 Å². The Labute approximate surface area is 117 Å². The summed E-state index contributed by atoms with van der Waals surface area (Å²) in [7, 11) is 2.14. The minimum absolute atomic E-state index is 0.210. The maximum absolute atomic E-state index is 6.04. The van der Waals surface area contributed by atoms with E-state index >= 15 is 0 Å². The minimum Gasteiger partial charge on any atom is -0.464 e. The Morgan fingerprint density at radius 2 is 2.11 bits per heavy atom. The first-order chi connectivity index (χ1) is 9.02. The summed E-state index contributed by atoms with van der Waals surface area (Å²) in [6.07, 6.45) is 2.46. The first-order valence-corrected chi connectivity index (χ1v) is 7.52. The first-order valence-electron chi connectivity index (χ1n) is 7.52. The summed E-state index contributed by atoms with van der Waals surface area (Å²) >= 11 is 0. The fourth-order valence-electron chi connectivity index (χ4n) is 2.60. The van der Waals surface area contributed by atoms with Crippen molar-refractivity contribution in [3.05, 3.63) is 23.7 Å². The van der Waals surface area contributed by atoms with Gasteiger partial charge in [-0.3, -0.25) is 4.90 Å². The van der Waals surface area contributed by atoms with E-state index in [2.05, 4.69) is 44.9 Å². The first kappa shape index (κ1) is 14.6. The van der Waals surface area contributed by atoms with Crippen LogP contribution in [0.5, 0.6) is 0 Å². The van der Waals surface area contributed by atoms with Crippen molar-refractivity contribution in [3.63, 3.8) is 0 Å². The molecule has 2 N–H and O–H groups in total. The molecule has 1 aliphatic carbocycles. The highest BCUT2D eigenvalue weighted by Gasteiger charge is 2.37. The van der Waals surface area contributed by atoms with Crippen LogP contribution in [0.25, 0.3) is 0 Å². The third kappa shape index (κ3) is 3.61. The third-order valence-electron chi connectivity index (χ3n) is 4.27. The Kier molecular flexibility index (Phi) is 4.69. The van der Waals surface area contributed by atoms with Gasteiger partial charge in [-0.15, -0.1) is 0 Å². The van der Waals surface area contributed by atoms with Crippen LogP contribution in [0.15, 0.2) is 16.5 Å². The molecule has 0 bridgehead atoms. The molecule has 19 heavy (non-hydrogen) atoms. The van der Waals surface area contributed by atoms with Gasteiger partial charge in [0.1, 0.15) is 11.5 Å². The van der Waals surface area contributed by atoms with Crippen molar-refractivity contribution in [3.8, 4) is 0 Å². The molecule has 0 saturated heterocycles. The molecular weight excluding hydrogens is 236 g/mol. The van der Waals surface area contributed by atoms with E-state index in [9.17, 15) is 0 Å². The maximum atomic E-state index is 6.04. The summed E-state index contributed by atoms with van der Waals surface area (Å²) in [5, 5.41) is 0. The fraction of sp³-hybridized carbons (Fsp3) is 0.750. The van der Waals surface area contributed by atoms with E-state index in [1.54, 1.807) is 0 Å². The lowest BCUT2D eigenvalue weighted by atomic mass is 10.1. The van der Waals surface area contributed by atoms with Gasteiger partial charge in [0.05, 0.1) is 6.04 Å². The molecule has 0 spiro atoms. The van der Waals surface area contributed by atoms with Gasteiger partial charge in [-0.1, -0.05) is 20.8 Å². The van der Waals surface area contributed by atoms with E-state index in [1.807, 2.05) is 0 Å². The Hall–Kier alpha value is -0.800. The number of nitrogens with zero attached hydrogens (tertiary/aromatic N) is 1. The number of furan rings is 1. The zero-order valence-corrected chi connectivity index (χ0v) is 12.7. The van der Waals surface area contributed by atoms with Crippen LogP contribution in [0.2, 0.25) is 0 Å². The highest BCUT2D eigenvalue weighted by Crippen LogP contribution is 2.47. The number of hydrogen-bond donors (Lipinski definition) is 1. The topological polar surface area (TPSA) is 42.4 Å². The monoisotopic (exact) mass is 264 g/mol. The van der Waals surface area contributed by atoms with Crippen LogP contribution in [0.4, 0.5) is 0 Å². The molecule has 0 radical (unpaired) electrons. The second-order valence-corrected chi connectivity index (χ2v) is 6.47. The van der Waals surface area contributed by atoms with Gasteiger partial charge in [-0.2, -0.15) is 0 Å². The molecule has 3 nitrogen and oxygen atoms in total. The van der Waals surface area contributed by atoms with E-state index in [4.69, 9.17) is 10.2 Å². The highest BCUT2D eigenvalue weighted by atomic mass is 16.3. The van der Waals surface area contributed by atoms with E-state index < -0.39 is 0 Å². The zero-order valence-electron chi connectivity index (χ0n) is 12.7. The summed E-state index contributed by atoms with van der Waals surface area (Å²) in [6, 6.07) is 4.47. The molecule has 1 aliphatic rings. The van der Waals surface area contributed by atoms with E-state index in [-0.39, 0.29) is 6.04 Å². The predicted octanol–water partition coefficient (Wildman–Crippen LogP) is 3.38. The Bertz CT molecular complexity index is 399.